The molecule has 0 aliphatic rings. The zero-order chi connectivity index (χ0) is 23.4. The molecule has 0 aliphatic carbocycles. The van der Waals surface area contributed by atoms with Crippen molar-refractivity contribution in [1.82, 2.24) is 4.98 Å². The van der Waals surface area contributed by atoms with E-state index in [1.54, 1.807) is 48.7 Å². The van der Waals surface area contributed by atoms with Crippen LogP contribution >= 0.6 is 46.1 Å². The summed E-state index contributed by atoms with van der Waals surface area (Å²) in [5.74, 6) is 0.359. The zero-order valence-electron chi connectivity index (χ0n) is 16.8. The molecule has 2 aromatic heterocycles. The zero-order valence-corrected chi connectivity index (χ0v) is 19.9. The summed E-state index contributed by atoms with van der Waals surface area (Å²) >= 11 is 19.6. The van der Waals surface area contributed by atoms with Gasteiger partial charge in [0, 0.05) is 44.2 Å². The fraction of sp³-hybridized carbons (Fsp3) is 0.0417. The molecule has 4 rings (SSSR count). The van der Waals surface area contributed by atoms with Gasteiger partial charge in [-0.25, -0.2) is 4.98 Å². The van der Waals surface area contributed by atoms with E-state index < -0.39 is 5.91 Å². The number of benzene rings is 2. The van der Waals surface area contributed by atoms with Crippen molar-refractivity contribution in [3.05, 3.63) is 97.6 Å². The summed E-state index contributed by atoms with van der Waals surface area (Å²) in [5.41, 5.74) is 1.54. The number of nitrogens with one attached hydrogen (secondary N) is 1. The van der Waals surface area contributed by atoms with Crippen LogP contribution < -0.4 is 5.32 Å². The fourth-order valence-corrected chi connectivity index (χ4v) is 4.40. The number of nitrogens with zero attached hydrogens (tertiary/aromatic N) is 2. The smallest absolute Gasteiger partial charge is 0.268 e. The summed E-state index contributed by atoms with van der Waals surface area (Å²) in [5, 5.41) is 14.3. The summed E-state index contributed by atoms with van der Waals surface area (Å²) in [4.78, 5) is 17.7. The van der Waals surface area contributed by atoms with E-state index in [-0.39, 0.29) is 5.57 Å². The first-order valence-electron chi connectivity index (χ1n) is 9.59. The van der Waals surface area contributed by atoms with Gasteiger partial charge in [0.25, 0.3) is 5.91 Å². The van der Waals surface area contributed by atoms with Gasteiger partial charge in [-0.2, -0.15) is 5.26 Å². The van der Waals surface area contributed by atoms with Gasteiger partial charge in [0.05, 0.1) is 0 Å². The van der Waals surface area contributed by atoms with Crippen LogP contribution in [0.3, 0.4) is 0 Å². The molecule has 164 valence electrons. The summed E-state index contributed by atoms with van der Waals surface area (Å²) < 4.78 is 5.75. The van der Waals surface area contributed by atoms with Crippen molar-refractivity contribution in [2.75, 3.05) is 5.32 Å². The fourth-order valence-electron chi connectivity index (χ4n) is 3.00. The Hall–Kier alpha value is -3.08. The molecule has 0 spiro atoms. The van der Waals surface area contributed by atoms with E-state index in [4.69, 9.17) is 39.2 Å². The first kappa shape index (κ1) is 23.1. The summed E-state index contributed by atoms with van der Waals surface area (Å²) in [7, 11) is 0. The maximum absolute atomic E-state index is 12.6. The lowest BCUT2D eigenvalue weighted by Crippen LogP contribution is -2.13. The number of amides is 1. The molecule has 1 amide bonds. The van der Waals surface area contributed by atoms with Crippen LogP contribution in [-0.2, 0) is 11.2 Å². The van der Waals surface area contributed by atoms with E-state index >= 15 is 0 Å². The molecule has 2 heterocycles. The molecular formula is C24H14Cl3N3O2S. The van der Waals surface area contributed by atoms with E-state index in [0.717, 1.165) is 16.0 Å². The average molecular weight is 515 g/mol. The summed E-state index contributed by atoms with van der Waals surface area (Å²) in [6.07, 6.45) is 3.55. The number of aromatic nitrogens is 1. The Morgan fingerprint density at radius 2 is 1.94 bits per heavy atom. The third kappa shape index (κ3) is 5.84. The molecule has 0 unspecified atom stereocenters. The molecule has 0 saturated heterocycles. The Balaban J connectivity index is 1.46. The van der Waals surface area contributed by atoms with Gasteiger partial charge >= 0.3 is 0 Å². The number of hydrogen-bond donors (Lipinski definition) is 1. The molecule has 4 aromatic rings. The standard InChI is InChI=1S/C24H14Cl3N3O2S/c25-17-3-1-2-14(8-17)22-7-5-19(32-22)10-16(12-28)23(31)30-24-29-13-20(33-24)11-15-9-18(26)4-6-21(15)27/h1-10,13H,11H2,(H,29,30,31)/b16-10+. The predicted octanol–water partition coefficient (Wildman–Crippen LogP) is 7.50. The average Bonchev–Trinajstić information content (AvgIpc) is 3.44. The lowest BCUT2D eigenvalue weighted by molar-refractivity contribution is -0.112. The van der Waals surface area contributed by atoms with Crippen molar-refractivity contribution in [1.29, 1.82) is 5.26 Å². The number of anilines is 1. The Bertz CT molecular complexity index is 1400. The maximum Gasteiger partial charge on any atom is 0.268 e. The van der Waals surface area contributed by atoms with Gasteiger partial charge in [-0.1, -0.05) is 46.9 Å². The molecule has 5 nitrogen and oxygen atoms in total. The van der Waals surface area contributed by atoms with Crippen LogP contribution in [0.1, 0.15) is 16.2 Å². The van der Waals surface area contributed by atoms with Crippen LogP contribution in [0, 0.1) is 11.3 Å². The van der Waals surface area contributed by atoms with Gasteiger partial charge in [-0.05, 0) is 48.0 Å². The Morgan fingerprint density at radius 1 is 1.12 bits per heavy atom. The minimum atomic E-state index is -0.583. The third-order valence-electron chi connectivity index (χ3n) is 4.53. The Labute approximate surface area is 208 Å². The van der Waals surface area contributed by atoms with E-state index in [2.05, 4.69) is 10.3 Å². The molecule has 2 aromatic carbocycles. The summed E-state index contributed by atoms with van der Waals surface area (Å²) in [6.45, 7) is 0. The number of carbonyl (C=O) groups excluding carboxylic acids is 1. The molecule has 0 atom stereocenters. The normalized spacial score (nSPS) is 11.3. The van der Waals surface area contributed by atoms with Crippen molar-refractivity contribution in [3.8, 4) is 17.4 Å². The highest BCUT2D eigenvalue weighted by Crippen LogP contribution is 2.28. The van der Waals surface area contributed by atoms with Crippen molar-refractivity contribution < 1.29 is 9.21 Å². The molecular weight excluding hydrogens is 501 g/mol. The van der Waals surface area contributed by atoms with Crippen molar-refractivity contribution in [2.24, 2.45) is 0 Å². The highest BCUT2D eigenvalue weighted by molar-refractivity contribution is 7.15. The molecule has 0 saturated carbocycles. The van der Waals surface area contributed by atoms with Crippen LogP contribution in [-0.4, -0.2) is 10.9 Å². The van der Waals surface area contributed by atoms with E-state index in [1.165, 1.54) is 17.4 Å². The highest BCUT2D eigenvalue weighted by Gasteiger charge is 2.14. The number of rotatable bonds is 6. The molecule has 0 aliphatic heterocycles. The monoisotopic (exact) mass is 513 g/mol. The van der Waals surface area contributed by atoms with Crippen LogP contribution in [0.15, 0.2) is 70.8 Å². The van der Waals surface area contributed by atoms with Crippen LogP contribution in [0.25, 0.3) is 17.4 Å². The van der Waals surface area contributed by atoms with Gasteiger partial charge in [0.1, 0.15) is 23.2 Å². The first-order valence-corrected chi connectivity index (χ1v) is 11.5. The molecule has 33 heavy (non-hydrogen) atoms. The summed E-state index contributed by atoms with van der Waals surface area (Å²) in [6, 6.07) is 17.8. The van der Waals surface area contributed by atoms with Gasteiger partial charge in [0.15, 0.2) is 5.13 Å². The highest BCUT2D eigenvalue weighted by atomic mass is 35.5. The number of hydrogen-bond acceptors (Lipinski definition) is 5. The van der Waals surface area contributed by atoms with Crippen molar-refractivity contribution >= 4 is 63.3 Å². The maximum atomic E-state index is 12.6. The van der Waals surface area contributed by atoms with Crippen LogP contribution in [0.5, 0.6) is 0 Å². The minimum absolute atomic E-state index is 0.114. The van der Waals surface area contributed by atoms with Crippen molar-refractivity contribution in [3.63, 3.8) is 0 Å². The van der Waals surface area contributed by atoms with E-state index in [1.807, 2.05) is 18.2 Å². The SMILES string of the molecule is N#C/C(=C\c1ccc(-c2cccc(Cl)c2)o1)C(=O)Nc1ncc(Cc2cc(Cl)ccc2Cl)s1. The topological polar surface area (TPSA) is 78.9 Å². The molecule has 1 N–H and O–H groups in total. The second kappa shape index (κ2) is 10.2. The largest absolute Gasteiger partial charge is 0.457 e. The van der Waals surface area contributed by atoms with Crippen LogP contribution in [0.4, 0.5) is 5.13 Å². The lowest BCUT2D eigenvalue weighted by atomic mass is 10.1. The second-order valence-electron chi connectivity index (χ2n) is 6.88. The number of thiazole rings is 1. The van der Waals surface area contributed by atoms with Gasteiger partial charge in [-0.15, -0.1) is 11.3 Å². The Morgan fingerprint density at radius 3 is 2.73 bits per heavy atom. The minimum Gasteiger partial charge on any atom is -0.457 e. The lowest BCUT2D eigenvalue weighted by Gasteiger charge is -2.02. The van der Waals surface area contributed by atoms with E-state index in [9.17, 15) is 10.1 Å². The molecule has 0 bridgehead atoms. The molecule has 0 fully saturated rings. The van der Waals surface area contributed by atoms with E-state index in [0.29, 0.717) is 38.1 Å². The van der Waals surface area contributed by atoms with Gasteiger partial charge in [0.2, 0.25) is 0 Å². The Kier molecular flexibility index (Phi) is 7.17. The molecule has 9 heteroatoms. The first-order chi connectivity index (χ1) is 15.9. The quantitative estimate of drug-likeness (QED) is 0.213. The number of furan rings is 1. The van der Waals surface area contributed by atoms with Gasteiger partial charge in [-0.3, -0.25) is 10.1 Å². The second-order valence-corrected chi connectivity index (χ2v) is 9.28. The van der Waals surface area contributed by atoms with Crippen LogP contribution in [0.2, 0.25) is 15.1 Å². The van der Waals surface area contributed by atoms with Gasteiger partial charge < -0.3 is 4.42 Å². The number of halogens is 3. The number of carbonyl (C=O) groups is 1. The molecule has 0 radical (unpaired) electrons. The third-order valence-corrected chi connectivity index (χ3v) is 6.29. The number of nitriles is 1. The predicted molar refractivity (Wildman–Crippen MR) is 133 cm³/mol. The van der Waals surface area contributed by atoms with Crippen molar-refractivity contribution in [2.45, 2.75) is 6.42 Å².